The minimum absolute atomic E-state index is 0.346. The second-order valence-electron chi connectivity index (χ2n) is 5.77. The lowest BCUT2D eigenvalue weighted by molar-refractivity contribution is -0.129. The molecule has 0 radical (unpaired) electrons. The second kappa shape index (κ2) is 8.14. The van der Waals surface area contributed by atoms with Crippen LogP contribution in [0.1, 0.15) is 0 Å². The Labute approximate surface area is 161 Å². The van der Waals surface area contributed by atoms with E-state index in [0.717, 1.165) is 12.1 Å². The van der Waals surface area contributed by atoms with Gasteiger partial charge in [0, 0.05) is 18.8 Å². The van der Waals surface area contributed by atoms with Gasteiger partial charge >= 0.3 is 12.6 Å². The van der Waals surface area contributed by atoms with Crippen LogP contribution in [0.3, 0.4) is 0 Å². The van der Waals surface area contributed by atoms with Gasteiger partial charge in [-0.3, -0.25) is 14.5 Å². The van der Waals surface area contributed by atoms with E-state index in [1.54, 1.807) is 6.07 Å². The molecular formula is C17H15F3N6O3. The summed E-state index contributed by atoms with van der Waals surface area (Å²) in [5.74, 6) is 3.16. The number of aromatic nitrogens is 3. The number of halogens is 3. The SMILES string of the molecule is CNC(=O)N(N)C(=O)Cn1ncc2ncc(-c3ccc(F)c(OC(F)F)c3)cc21. The van der Waals surface area contributed by atoms with E-state index in [0.29, 0.717) is 27.2 Å². The van der Waals surface area contributed by atoms with Crippen LogP contribution >= 0.6 is 0 Å². The molecule has 1 aromatic carbocycles. The van der Waals surface area contributed by atoms with E-state index in [2.05, 4.69) is 20.1 Å². The monoisotopic (exact) mass is 408 g/mol. The third kappa shape index (κ3) is 4.27. The molecule has 3 rings (SSSR count). The van der Waals surface area contributed by atoms with Crippen molar-refractivity contribution >= 4 is 23.0 Å². The molecule has 9 nitrogen and oxygen atoms in total. The predicted molar refractivity (Wildman–Crippen MR) is 95.0 cm³/mol. The number of urea groups is 1. The van der Waals surface area contributed by atoms with Crippen molar-refractivity contribution in [3.05, 3.63) is 42.5 Å². The molecule has 0 aliphatic rings. The first-order valence-electron chi connectivity index (χ1n) is 8.16. The molecule has 29 heavy (non-hydrogen) atoms. The number of amides is 3. The lowest BCUT2D eigenvalue weighted by Gasteiger charge is -2.14. The minimum atomic E-state index is -3.17. The van der Waals surface area contributed by atoms with Gasteiger partial charge in [-0.25, -0.2) is 15.0 Å². The first kappa shape index (κ1) is 20.1. The summed E-state index contributed by atoms with van der Waals surface area (Å²) in [6.07, 6.45) is 2.85. The van der Waals surface area contributed by atoms with E-state index in [1.807, 2.05) is 0 Å². The van der Waals surface area contributed by atoms with E-state index < -0.39 is 30.1 Å². The number of hydrazine groups is 1. The van der Waals surface area contributed by atoms with Gasteiger partial charge in [0.15, 0.2) is 11.6 Å². The molecule has 0 saturated carbocycles. The minimum Gasteiger partial charge on any atom is -0.432 e. The summed E-state index contributed by atoms with van der Waals surface area (Å²) in [5.41, 5.74) is 1.67. The lowest BCUT2D eigenvalue weighted by atomic mass is 10.1. The molecule has 12 heteroatoms. The van der Waals surface area contributed by atoms with Crippen molar-refractivity contribution in [3.63, 3.8) is 0 Å². The van der Waals surface area contributed by atoms with E-state index >= 15 is 0 Å². The highest BCUT2D eigenvalue weighted by atomic mass is 19.3. The van der Waals surface area contributed by atoms with Crippen LogP contribution in [0.5, 0.6) is 5.75 Å². The highest BCUT2D eigenvalue weighted by Gasteiger charge is 2.19. The number of fused-ring (bicyclic) bond motifs is 1. The highest BCUT2D eigenvalue weighted by Crippen LogP contribution is 2.29. The zero-order valence-corrected chi connectivity index (χ0v) is 15.0. The van der Waals surface area contributed by atoms with Crippen molar-refractivity contribution in [3.8, 4) is 16.9 Å². The number of nitrogens with zero attached hydrogens (tertiary/aromatic N) is 4. The molecule has 0 saturated heterocycles. The molecule has 3 aromatic rings. The average molecular weight is 408 g/mol. The molecular weight excluding hydrogens is 393 g/mol. The summed E-state index contributed by atoms with van der Waals surface area (Å²) < 4.78 is 44.0. The zero-order chi connectivity index (χ0) is 21.1. The van der Waals surface area contributed by atoms with Crippen LogP contribution in [0.4, 0.5) is 18.0 Å². The third-order valence-corrected chi connectivity index (χ3v) is 3.96. The number of rotatable bonds is 5. The second-order valence-corrected chi connectivity index (χ2v) is 5.77. The van der Waals surface area contributed by atoms with Gasteiger partial charge in [-0.2, -0.15) is 18.9 Å². The van der Waals surface area contributed by atoms with E-state index in [1.165, 1.54) is 30.2 Å². The summed E-state index contributed by atoms with van der Waals surface area (Å²) >= 11 is 0. The summed E-state index contributed by atoms with van der Waals surface area (Å²) in [6.45, 7) is -3.52. The van der Waals surface area contributed by atoms with Crippen molar-refractivity contribution in [2.45, 2.75) is 13.2 Å². The number of hydrogen-bond donors (Lipinski definition) is 2. The Hall–Kier alpha value is -3.67. The fourth-order valence-corrected chi connectivity index (χ4v) is 2.55. The Morgan fingerprint density at radius 2 is 2.03 bits per heavy atom. The van der Waals surface area contributed by atoms with Gasteiger partial charge in [0.1, 0.15) is 12.1 Å². The number of carbonyl (C=O) groups is 2. The molecule has 2 aromatic heterocycles. The van der Waals surface area contributed by atoms with Gasteiger partial charge in [0.05, 0.1) is 11.7 Å². The highest BCUT2D eigenvalue weighted by molar-refractivity contribution is 5.94. The van der Waals surface area contributed by atoms with Crippen LogP contribution in [0.15, 0.2) is 36.7 Å². The van der Waals surface area contributed by atoms with Crippen molar-refractivity contribution in [1.29, 1.82) is 0 Å². The van der Waals surface area contributed by atoms with Gasteiger partial charge in [0.2, 0.25) is 0 Å². The molecule has 0 bridgehead atoms. The van der Waals surface area contributed by atoms with E-state index in [9.17, 15) is 22.8 Å². The average Bonchev–Trinajstić information content (AvgIpc) is 3.10. The van der Waals surface area contributed by atoms with Crippen LogP contribution in [-0.2, 0) is 11.3 Å². The molecule has 0 spiro atoms. The smallest absolute Gasteiger partial charge is 0.387 e. The predicted octanol–water partition coefficient (Wildman–Crippen LogP) is 1.88. The quantitative estimate of drug-likeness (QED) is 0.378. The molecule has 0 fully saturated rings. The standard InChI is InChI=1S/C17H15F3N6O3/c1-22-17(28)26(21)15(27)8-25-13-4-10(6-23-12(13)7-24-25)9-2-3-11(18)14(5-9)29-16(19)20/h2-7,16H,8,21H2,1H3,(H,22,28). The number of alkyl halides is 2. The normalized spacial score (nSPS) is 11.0. The van der Waals surface area contributed by atoms with Gasteiger partial charge < -0.3 is 10.1 Å². The van der Waals surface area contributed by atoms with Crippen LogP contribution in [-0.4, -0.2) is 45.4 Å². The maximum atomic E-state index is 13.7. The Kier molecular flexibility index (Phi) is 5.64. The molecule has 3 N–H and O–H groups in total. The molecule has 0 aliphatic carbocycles. The van der Waals surface area contributed by atoms with Crippen LogP contribution in [0.25, 0.3) is 22.2 Å². The van der Waals surface area contributed by atoms with Crippen LogP contribution in [0, 0.1) is 5.82 Å². The summed E-state index contributed by atoms with van der Waals surface area (Å²) in [6, 6.07) is 4.28. The molecule has 0 aliphatic heterocycles. The number of imide groups is 1. The van der Waals surface area contributed by atoms with Crippen LogP contribution < -0.4 is 15.9 Å². The number of nitrogens with two attached hydrogens (primary N) is 1. The van der Waals surface area contributed by atoms with E-state index in [-0.39, 0.29) is 6.54 Å². The topological polar surface area (TPSA) is 115 Å². The molecule has 2 heterocycles. The van der Waals surface area contributed by atoms with Gasteiger partial charge in [-0.1, -0.05) is 6.07 Å². The Balaban J connectivity index is 1.94. The lowest BCUT2D eigenvalue weighted by Crippen LogP contribution is -2.48. The first-order valence-corrected chi connectivity index (χ1v) is 8.16. The fourth-order valence-electron chi connectivity index (χ4n) is 2.55. The zero-order valence-electron chi connectivity index (χ0n) is 15.0. The van der Waals surface area contributed by atoms with Gasteiger partial charge in [0.25, 0.3) is 5.91 Å². The number of nitrogens with one attached hydrogen (secondary N) is 1. The Morgan fingerprint density at radius 3 is 2.72 bits per heavy atom. The number of hydrogen-bond acceptors (Lipinski definition) is 6. The van der Waals surface area contributed by atoms with Crippen LogP contribution in [0.2, 0.25) is 0 Å². The summed E-state index contributed by atoms with van der Waals surface area (Å²) in [7, 11) is 1.32. The Bertz CT molecular complexity index is 1070. The number of ether oxygens (including phenoxy) is 1. The van der Waals surface area contributed by atoms with Crippen molar-refractivity contribution < 1.29 is 27.5 Å². The number of carbonyl (C=O) groups excluding carboxylic acids is 2. The number of pyridine rings is 1. The maximum absolute atomic E-state index is 13.7. The van der Waals surface area contributed by atoms with Gasteiger partial charge in [-0.05, 0) is 23.8 Å². The molecule has 152 valence electrons. The first-order chi connectivity index (χ1) is 13.8. The number of benzene rings is 1. The van der Waals surface area contributed by atoms with Crippen molar-refractivity contribution in [2.75, 3.05) is 7.05 Å². The Morgan fingerprint density at radius 1 is 1.28 bits per heavy atom. The summed E-state index contributed by atoms with van der Waals surface area (Å²) in [4.78, 5) is 27.8. The van der Waals surface area contributed by atoms with Gasteiger partial charge in [-0.15, -0.1) is 0 Å². The molecule has 3 amide bonds. The van der Waals surface area contributed by atoms with Crippen molar-refractivity contribution in [1.82, 2.24) is 25.1 Å². The van der Waals surface area contributed by atoms with Crippen molar-refractivity contribution in [2.24, 2.45) is 5.84 Å². The largest absolute Gasteiger partial charge is 0.432 e. The maximum Gasteiger partial charge on any atom is 0.387 e. The molecule has 0 unspecified atom stereocenters. The third-order valence-electron chi connectivity index (χ3n) is 3.96. The fraction of sp³-hybridized carbons (Fsp3) is 0.176. The van der Waals surface area contributed by atoms with E-state index in [4.69, 9.17) is 5.84 Å². The summed E-state index contributed by atoms with van der Waals surface area (Å²) in [5, 5.41) is 6.68. The molecule has 0 atom stereocenters.